The lowest BCUT2D eigenvalue weighted by Gasteiger charge is -2.13. The van der Waals surface area contributed by atoms with Gasteiger partial charge in [0.1, 0.15) is 0 Å². The second kappa shape index (κ2) is 6.17. The number of hydrogen-bond donors (Lipinski definition) is 1. The normalized spacial score (nSPS) is 19.3. The van der Waals surface area contributed by atoms with Gasteiger partial charge in [-0.1, -0.05) is 6.07 Å². The minimum atomic E-state index is 0.660. The Morgan fingerprint density at radius 1 is 1.29 bits per heavy atom. The summed E-state index contributed by atoms with van der Waals surface area (Å²) in [6, 6.07) is 6.73. The topological polar surface area (TPSA) is 30.5 Å². The fourth-order valence-corrected chi connectivity index (χ4v) is 3.14. The van der Waals surface area contributed by atoms with Gasteiger partial charge in [0.15, 0.2) is 11.5 Å². The Bertz CT molecular complexity index is 364. The number of rotatable bonds is 5. The molecule has 1 saturated heterocycles. The van der Waals surface area contributed by atoms with Crippen molar-refractivity contribution in [2.45, 2.75) is 19.0 Å². The van der Waals surface area contributed by atoms with E-state index in [4.69, 9.17) is 9.47 Å². The average Bonchev–Trinajstić information content (AvgIpc) is 2.89. The number of benzene rings is 1. The molecule has 1 aliphatic rings. The first-order valence-corrected chi connectivity index (χ1v) is 7.01. The molecule has 1 N–H and O–H groups in total. The molecule has 94 valence electrons. The summed E-state index contributed by atoms with van der Waals surface area (Å²) >= 11 is 2.02. The lowest BCUT2D eigenvalue weighted by atomic mass is 10.2. The molecule has 1 atom stereocenters. The maximum atomic E-state index is 5.29. The molecule has 1 aromatic carbocycles. The second-order valence-electron chi connectivity index (χ2n) is 4.13. The fourth-order valence-electron chi connectivity index (χ4n) is 1.95. The molecule has 4 heteroatoms. The lowest BCUT2D eigenvalue weighted by Crippen LogP contribution is -2.27. The van der Waals surface area contributed by atoms with E-state index in [9.17, 15) is 0 Å². The Balaban J connectivity index is 1.95. The van der Waals surface area contributed by atoms with Gasteiger partial charge in [0, 0.05) is 18.3 Å². The van der Waals surface area contributed by atoms with Gasteiger partial charge < -0.3 is 14.8 Å². The Hall–Kier alpha value is -0.870. The van der Waals surface area contributed by atoms with Crippen molar-refractivity contribution in [1.29, 1.82) is 0 Å². The van der Waals surface area contributed by atoms with Crippen LogP contribution >= 0.6 is 11.8 Å². The number of methoxy groups -OCH3 is 2. The van der Waals surface area contributed by atoms with Gasteiger partial charge in [-0.25, -0.2) is 0 Å². The first-order valence-electron chi connectivity index (χ1n) is 5.85. The van der Waals surface area contributed by atoms with Crippen LogP contribution in [0.5, 0.6) is 11.5 Å². The predicted molar refractivity (Wildman–Crippen MR) is 72.1 cm³/mol. The van der Waals surface area contributed by atoms with E-state index in [-0.39, 0.29) is 0 Å². The molecule has 1 fully saturated rings. The average molecular weight is 253 g/mol. The van der Waals surface area contributed by atoms with Gasteiger partial charge in [0.2, 0.25) is 0 Å². The lowest BCUT2D eigenvalue weighted by molar-refractivity contribution is 0.354. The summed E-state index contributed by atoms with van der Waals surface area (Å²) in [5, 5.41) is 3.57. The molecule has 3 nitrogen and oxygen atoms in total. The van der Waals surface area contributed by atoms with Crippen molar-refractivity contribution in [3.8, 4) is 11.5 Å². The Labute approximate surface area is 107 Å². The first kappa shape index (κ1) is 12.6. The summed E-state index contributed by atoms with van der Waals surface area (Å²) in [5.41, 5.74) is 1.24. The van der Waals surface area contributed by atoms with Crippen molar-refractivity contribution >= 4 is 11.8 Å². The predicted octanol–water partition coefficient (Wildman–Crippen LogP) is 2.30. The van der Waals surface area contributed by atoms with Crippen LogP contribution in [0, 0.1) is 0 Å². The molecule has 0 saturated carbocycles. The third-order valence-electron chi connectivity index (χ3n) is 2.97. The first-order chi connectivity index (χ1) is 8.33. The van der Waals surface area contributed by atoms with Crippen molar-refractivity contribution in [2.24, 2.45) is 0 Å². The quantitative estimate of drug-likeness (QED) is 0.872. The summed E-state index contributed by atoms with van der Waals surface area (Å²) in [5.74, 6) is 4.09. The van der Waals surface area contributed by atoms with E-state index < -0.39 is 0 Å². The number of thioether (sulfide) groups is 1. The molecule has 0 bridgehead atoms. The monoisotopic (exact) mass is 253 g/mol. The summed E-state index contributed by atoms with van der Waals surface area (Å²) in [6.07, 6.45) is 1.28. The van der Waals surface area contributed by atoms with E-state index in [1.807, 2.05) is 23.9 Å². The minimum Gasteiger partial charge on any atom is -0.493 e. The molecule has 1 aromatic rings. The molecule has 0 unspecified atom stereocenters. The van der Waals surface area contributed by atoms with Gasteiger partial charge in [-0.15, -0.1) is 0 Å². The number of ether oxygens (including phenoxy) is 2. The molecule has 0 aromatic heterocycles. The van der Waals surface area contributed by atoms with Crippen molar-refractivity contribution in [3.63, 3.8) is 0 Å². The van der Waals surface area contributed by atoms with Gasteiger partial charge in [-0.3, -0.25) is 0 Å². The van der Waals surface area contributed by atoms with Crippen LogP contribution in [0.25, 0.3) is 0 Å². The van der Waals surface area contributed by atoms with Crippen LogP contribution in [0.2, 0.25) is 0 Å². The van der Waals surface area contributed by atoms with E-state index in [0.717, 1.165) is 18.0 Å². The molecular weight excluding hydrogens is 234 g/mol. The third-order valence-corrected chi connectivity index (χ3v) is 4.13. The zero-order valence-corrected chi connectivity index (χ0v) is 11.2. The van der Waals surface area contributed by atoms with Crippen molar-refractivity contribution in [2.75, 3.05) is 25.7 Å². The summed E-state index contributed by atoms with van der Waals surface area (Å²) in [7, 11) is 3.33. The molecular formula is C13H19NO2S. The highest BCUT2D eigenvalue weighted by Crippen LogP contribution is 2.27. The van der Waals surface area contributed by atoms with Crippen LogP contribution in [0.3, 0.4) is 0 Å². The molecule has 0 radical (unpaired) electrons. The molecule has 17 heavy (non-hydrogen) atoms. The maximum absolute atomic E-state index is 5.29. The summed E-state index contributed by atoms with van der Waals surface area (Å²) in [6.45, 7) is 0.894. The maximum Gasteiger partial charge on any atom is 0.161 e. The third kappa shape index (κ3) is 3.30. The number of hydrogen-bond acceptors (Lipinski definition) is 4. The SMILES string of the molecule is COc1ccc(CN[C@H]2CCSC2)cc1OC. The van der Waals surface area contributed by atoms with Crippen LogP contribution in [0.15, 0.2) is 18.2 Å². The highest BCUT2D eigenvalue weighted by atomic mass is 32.2. The van der Waals surface area contributed by atoms with E-state index in [2.05, 4.69) is 11.4 Å². The molecule has 0 aliphatic carbocycles. The highest BCUT2D eigenvalue weighted by molar-refractivity contribution is 7.99. The van der Waals surface area contributed by atoms with Crippen LogP contribution in [-0.2, 0) is 6.54 Å². The largest absolute Gasteiger partial charge is 0.493 e. The van der Waals surface area contributed by atoms with Gasteiger partial charge in [0.25, 0.3) is 0 Å². The standard InChI is InChI=1S/C13H19NO2S/c1-15-12-4-3-10(7-13(12)16-2)8-14-11-5-6-17-9-11/h3-4,7,11,14H,5-6,8-9H2,1-2H3/t11-/m0/s1. The fraction of sp³-hybridized carbons (Fsp3) is 0.538. The van der Waals surface area contributed by atoms with Crippen LogP contribution in [-0.4, -0.2) is 31.8 Å². The van der Waals surface area contributed by atoms with E-state index in [0.29, 0.717) is 6.04 Å². The summed E-state index contributed by atoms with van der Waals surface area (Å²) in [4.78, 5) is 0. The smallest absolute Gasteiger partial charge is 0.161 e. The van der Waals surface area contributed by atoms with Crippen LogP contribution < -0.4 is 14.8 Å². The zero-order valence-electron chi connectivity index (χ0n) is 10.4. The molecule has 0 amide bonds. The molecule has 0 spiro atoms. The van der Waals surface area contributed by atoms with Crippen molar-refractivity contribution < 1.29 is 9.47 Å². The van der Waals surface area contributed by atoms with E-state index in [1.54, 1.807) is 14.2 Å². The van der Waals surface area contributed by atoms with E-state index >= 15 is 0 Å². The Morgan fingerprint density at radius 3 is 2.76 bits per heavy atom. The van der Waals surface area contributed by atoms with Gasteiger partial charge in [-0.05, 0) is 29.9 Å². The van der Waals surface area contributed by atoms with Crippen molar-refractivity contribution in [3.05, 3.63) is 23.8 Å². The summed E-state index contributed by atoms with van der Waals surface area (Å²) < 4.78 is 10.5. The minimum absolute atomic E-state index is 0.660. The number of nitrogens with one attached hydrogen (secondary N) is 1. The Kier molecular flexibility index (Phi) is 4.57. The molecule has 2 rings (SSSR count). The van der Waals surface area contributed by atoms with E-state index in [1.165, 1.54) is 23.5 Å². The Morgan fingerprint density at radius 2 is 2.12 bits per heavy atom. The molecule has 1 aliphatic heterocycles. The van der Waals surface area contributed by atoms with Crippen LogP contribution in [0.1, 0.15) is 12.0 Å². The van der Waals surface area contributed by atoms with Gasteiger partial charge in [-0.2, -0.15) is 11.8 Å². The second-order valence-corrected chi connectivity index (χ2v) is 5.28. The van der Waals surface area contributed by atoms with Crippen molar-refractivity contribution in [1.82, 2.24) is 5.32 Å². The highest BCUT2D eigenvalue weighted by Gasteiger charge is 2.14. The van der Waals surface area contributed by atoms with Gasteiger partial charge in [0.05, 0.1) is 14.2 Å². The van der Waals surface area contributed by atoms with Crippen LogP contribution in [0.4, 0.5) is 0 Å². The van der Waals surface area contributed by atoms with Gasteiger partial charge >= 0.3 is 0 Å². The molecule has 1 heterocycles. The zero-order chi connectivity index (χ0) is 12.1.